The highest BCUT2D eigenvalue weighted by Crippen LogP contribution is 2.20. The summed E-state index contributed by atoms with van der Waals surface area (Å²) in [5.41, 5.74) is 1.09. The van der Waals surface area contributed by atoms with Crippen molar-refractivity contribution in [2.75, 3.05) is 46.6 Å². The first kappa shape index (κ1) is 18.4. The smallest absolute Gasteiger partial charge is 0.0950 e. The van der Waals surface area contributed by atoms with E-state index in [4.69, 9.17) is 25.8 Å². The van der Waals surface area contributed by atoms with Crippen molar-refractivity contribution in [3.8, 4) is 0 Å². The molecule has 120 valence electrons. The maximum atomic E-state index is 6.04. The SMILES string of the molecule is CCNCC(OCCOCCCOC)c1cccc(Cl)c1. The van der Waals surface area contributed by atoms with Crippen LogP contribution >= 0.6 is 11.6 Å². The molecule has 0 bridgehead atoms. The Bertz CT molecular complexity index is 376. The molecule has 0 radical (unpaired) electrons. The van der Waals surface area contributed by atoms with Crippen molar-refractivity contribution < 1.29 is 14.2 Å². The molecule has 1 atom stereocenters. The van der Waals surface area contributed by atoms with Crippen LogP contribution in [0.1, 0.15) is 25.0 Å². The van der Waals surface area contributed by atoms with Crippen LogP contribution in [-0.2, 0) is 14.2 Å². The van der Waals surface area contributed by atoms with E-state index in [-0.39, 0.29) is 6.10 Å². The fourth-order valence-electron chi connectivity index (χ4n) is 1.91. The monoisotopic (exact) mass is 315 g/mol. The lowest BCUT2D eigenvalue weighted by Gasteiger charge is -2.19. The third kappa shape index (κ3) is 8.39. The topological polar surface area (TPSA) is 39.7 Å². The minimum atomic E-state index is -0.00812. The molecule has 21 heavy (non-hydrogen) atoms. The van der Waals surface area contributed by atoms with Crippen molar-refractivity contribution in [2.24, 2.45) is 0 Å². The number of rotatable bonds is 12. The highest BCUT2D eigenvalue weighted by Gasteiger charge is 2.11. The number of hydrogen-bond acceptors (Lipinski definition) is 4. The summed E-state index contributed by atoms with van der Waals surface area (Å²) in [5.74, 6) is 0. The Balaban J connectivity index is 2.33. The zero-order chi connectivity index (χ0) is 15.3. The lowest BCUT2D eigenvalue weighted by Crippen LogP contribution is -2.24. The number of nitrogens with one attached hydrogen (secondary N) is 1. The molecule has 1 aromatic carbocycles. The van der Waals surface area contributed by atoms with Gasteiger partial charge in [-0.25, -0.2) is 0 Å². The van der Waals surface area contributed by atoms with Crippen molar-refractivity contribution in [3.05, 3.63) is 34.9 Å². The maximum absolute atomic E-state index is 6.04. The van der Waals surface area contributed by atoms with Gasteiger partial charge >= 0.3 is 0 Å². The highest BCUT2D eigenvalue weighted by atomic mass is 35.5. The molecule has 1 unspecified atom stereocenters. The zero-order valence-corrected chi connectivity index (χ0v) is 13.7. The number of halogens is 1. The molecule has 5 heteroatoms. The van der Waals surface area contributed by atoms with Crippen molar-refractivity contribution in [3.63, 3.8) is 0 Å². The molecule has 0 spiro atoms. The van der Waals surface area contributed by atoms with Gasteiger partial charge in [0, 0.05) is 31.9 Å². The summed E-state index contributed by atoms with van der Waals surface area (Å²) in [7, 11) is 1.69. The molecule has 0 aromatic heterocycles. The molecule has 0 amide bonds. The number of likely N-dealkylation sites (N-methyl/N-ethyl adjacent to an activating group) is 1. The molecule has 4 nitrogen and oxygen atoms in total. The Hall–Kier alpha value is -0.650. The van der Waals surface area contributed by atoms with Crippen LogP contribution in [0.4, 0.5) is 0 Å². The predicted molar refractivity (Wildman–Crippen MR) is 86.0 cm³/mol. The van der Waals surface area contributed by atoms with Gasteiger partial charge in [0.2, 0.25) is 0 Å². The normalized spacial score (nSPS) is 12.5. The number of benzene rings is 1. The van der Waals surface area contributed by atoms with Gasteiger partial charge in [-0.3, -0.25) is 0 Å². The van der Waals surface area contributed by atoms with Crippen LogP contribution in [0, 0.1) is 0 Å². The highest BCUT2D eigenvalue weighted by molar-refractivity contribution is 6.30. The first-order valence-electron chi connectivity index (χ1n) is 7.42. The number of hydrogen-bond donors (Lipinski definition) is 1. The summed E-state index contributed by atoms with van der Waals surface area (Å²) in [6, 6.07) is 7.80. The van der Waals surface area contributed by atoms with Crippen molar-refractivity contribution >= 4 is 11.6 Å². The fraction of sp³-hybridized carbons (Fsp3) is 0.625. The molecule has 0 aliphatic rings. The third-order valence-corrected chi connectivity index (χ3v) is 3.22. The van der Waals surface area contributed by atoms with Gasteiger partial charge in [-0.05, 0) is 30.7 Å². The molecule has 1 rings (SSSR count). The van der Waals surface area contributed by atoms with Crippen LogP contribution in [0.5, 0.6) is 0 Å². The Morgan fingerprint density at radius 1 is 1.19 bits per heavy atom. The Kier molecular flexibility index (Phi) is 10.5. The van der Waals surface area contributed by atoms with E-state index in [9.17, 15) is 0 Å². The van der Waals surface area contributed by atoms with Gasteiger partial charge in [0.05, 0.1) is 19.3 Å². The second-order valence-electron chi connectivity index (χ2n) is 4.68. The quantitative estimate of drug-likeness (QED) is 0.602. The Labute approximate surface area is 132 Å². The summed E-state index contributed by atoms with van der Waals surface area (Å²) in [4.78, 5) is 0. The number of ether oxygens (including phenoxy) is 3. The molecular weight excluding hydrogens is 290 g/mol. The minimum Gasteiger partial charge on any atom is -0.385 e. The summed E-state index contributed by atoms with van der Waals surface area (Å²) < 4.78 is 16.4. The molecule has 0 fully saturated rings. The van der Waals surface area contributed by atoms with Crippen LogP contribution in [0.15, 0.2) is 24.3 Å². The molecule has 0 saturated carbocycles. The van der Waals surface area contributed by atoms with E-state index in [0.29, 0.717) is 19.8 Å². The third-order valence-electron chi connectivity index (χ3n) is 2.98. The average Bonchev–Trinajstić information content (AvgIpc) is 2.49. The molecule has 0 aliphatic heterocycles. The van der Waals surface area contributed by atoms with Crippen molar-refractivity contribution in [2.45, 2.75) is 19.4 Å². The first-order chi connectivity index (χ1) is 10.3. The largest absolute Gasteiger partial charge is 0.385 e. The fourth-order valence-corrected chi connectivity index (χ4v) is 2.11. The van der Waals surface area contributed by atoms with E-state index in [2.05, 4.69) is 12.2 Å². The van der Waals surface area contributed by atoms with E-state index in [0.717, 1.165) is 36.7 Å². The average molecular weight is 316 g/mol. The zero-order valence-electron chi connectivity index (χ0n) is 12.9. The van der Waals surface area contributed by atoms with Gasteiger partial charge < -0.3 is 19.5 Å². The molecule has 0 aliphatic carbocycles. The molecule has 1 aromatic rings. The van der Waals surface area contributed by atoms with Gasteiger partial charge in [-0.2, -0.15) is 0 Å². The molecule has 0 saturated heterocycles. The number of methoxy groups -OCH3 is 1. The van der Waals surface area contributed by atoms with Gasteiger partial charge in [0.15, 0.2) is 0 Å². The van der Waals surface area contributed by atoms with Crippen molar-refractivity contribution in [1.29, 1.82) is 0 Å². The van der Waals surface area contributed by atoms with Crippen LogP contribution in [-0.4, -0.2) is 46.6 Å². The Morgan fingerprint density at radius 2 is 2.05 bits per heavy atom. The van der Waals surface area contributed by atoms with E-state index >= 15 is 0 Å². The van der Waals surface area contributed by atoms with Crippen LogP contribution in [0.25, 0.3) is 0 Å². The predicted octanol–water partition coefficient (Wildman–Crippen LogP) is 3.06. The standard InChI is InChI=1S/C16H26ClNO3/c1-3-18-13-16(14-6-4-7-15(17)12-14)21-11-10-20-9-5-8-19-2/h4,6-7,12,16,18H,3,5,8-11,13H2,1-2H3. The summed E-state index contributed by atoms with van der Waals surface area (Å²) in [5, 5.41) is 4.04. The first-order valence-corrected chi connectivity index (χ1v) is 7.80. The van der Waals surface area contributed by atoms with Crippen molar-refractivity contribution in [1.82, 2.24) is 5.32 Å². The minimum absolute atomic E-state index is 0.00812. The summed E-state index contributed by atoms with van der Waals surface area (Å²) >= 11 is 6.04. The molecule has 1 N–H and O–H groups in total. The second kappa shape index (κ2) is 12.0. The lowest BCUT2D eigenvalue weighted by atomic mass is 10.1. The van der Waals surface area contributed by atoms with E-state index < -0.39 is 0 Å². The van der Waals surface area contributed by atoms with E-state index in [1.54, 1.807) is 7.11 Å². The molecule has 0 heterocycles. The van der Waals surface area contributed by atoms with Crippen LogP contribution in [0.3, 0.4) is 0 Å². The molecular formula is C16H26ClNO3. The van der Waals surface area contributed by atoms with Gasteiger partial charge in [-0.1, -0.05) is 30.7 Å². The van der Waals surface area contributed by atoms with E-state index in [1.165, 1.54) is 0 Å². The van der Waals surface area contributed by atoms with Gasteiger partial charge in [0.25, 0.3) is 0 Å². The van der Waals surface area contributed by atoms with Crippen LogP contribution in [0.2, 0.25) is 5.02 Å². The Morgan fingerprint density at radius 3 is 2.76 bits per heavy atom. The summed E-state index contributed by atoms with van der Waals surface area (Å²) in [6.07, 6.45) is 0.900. The van der Waals surface area contributed by atoms with Gasteiger partial charge in [0.1, 0.15) is 0 Å². The lowest BCUT2D eigenvalue weighted by molar-refractivity contribution is 0.000943. The van der Waals surface area contributed by atoms with Crippen LogP contribution < -0.4 is 5.32 Å². The van der Waals surface area contributed by atoms with Gasteiger partial charge in [-0.15, -0.1) is 0 Å². The van der Waals surface area contributed by atoms with E-state index in [1.807, 2.05) is 24.3 Å². The maximum Gasteiger partial charge on any atom is 0.0950 e. The second-order valence-corrected chi connectivity index (χ2v) is 5.12. The summed E-state index contributed by atoms with van der Waals surface area (Å²) in [6.45, 7) is 6.34.